The number of nitrogens with one attached hydrogen (secondary N) is 1. The van der Waals surface area contributed by atoms with E-state index in [4.69, 9.17) is 0 Å². The van der Waals surface area contributed by atoms with Crippen molar-refractivity contribution in [3.63, 3.8) is 0 Å². The van der Waals surface area contributed by atoms with E-state index in [0.717, 1.165) is 11.3 Å². The van der Waals surface area contributed by atoms with Crippen LogP contribution >= 0.6 is 0 Å². The molecule has 2 heterocycles. The minimum absolute atomic E-state index is 0.277. The van der Waals surface area contributed by atoms with Crippen molar-refractivity contribution < 1.29 is 4.39 Å². The van der Waals surface area contributed by atoms with Crippen molar-refractivity contribution in [3.8, 4) is 0 Å². The summed E-state index contributed by atoms with van der Waals surface area (Å²) in [4.78, 5) is 0. The molecule has 0 aliphatic carbocycles. The van der Waals surface area contributed by atoms with Crippen LogP contribution in [0.1, 0.15) is 16.8 Å². The van der Waals surface area contributed by atoms with E-state index in [1.54, 1.807) is 17.9 Å². The number of hydrogen-bond acceptors (Lipinski definition) is 3. The van der Waals surface area contributed by atoms with Gasteiger partial charge in [0.15, 0.2) is 0 Å². The second-order valence-electron chi connectivity index (χ2n) is 4.10. The lowest BCUT2D eigenvalue weighted by Crippen LogP contribution is -2.13. The molecule has 1 N–H and O–H groups in total. The summed E-state index contributed by atoms with van der Waals surface area (Å²) in [7, 11) is 3.47. The van der Waals surface area contributed by atoms with E-state index >= 15 is 0 Å². The molecule has 17 heavy (non-hydrogen) atoms. The van der Waals surface area contributed by atoms with Crippen LogP contribution in [-0.2, 0) is 27.2 Å². The maximum atomic E-state index is 13.6. The summed E-state index contributed by atoms with van der Waals surface area (Å²) >= 11 is 0. The van der Waals surface area contributed by atoms with Gasteiger partial charge < -0.3 is 5.32 Å². The number of halogens is 1. The fourth-order valence-electron chi connectivity index (χ4n) is 1.77. The van der Waals surface area contributed by atoms with Gasteiger partial charge in [0, 0.05) is 44.5 Å². The van der Waals surface area contributed by atoms with E-state index in [1.165, 1.54) is 4.68 Å². The average molecular weight is 237 g/mol. The van der Waals surface area contributed by atoms with E-state index in [2.05, 4.69) is 15.5 Å². The lowest BCUT2D eigenvalue weighted by Gasteiger charge is -2.02. The van der Waals surface area contributed by atoms with Gasteiger partial charge in [0.2, 0.25) is 5.95 Å². The molecule has 0 bridgehead atoms. The molecule has 6 heteroatoms. The van der Waals surface area contributed by atoms with E-state index in [1.807, 2.05) is 20.2 Å². The highest BCUT2D eigenvalue weighted by atomic mass is 19.1. The molecular formula is C11H16FN5. The summed E-state index contributed by atoms with van der Waals surface area (Å²) in [6.07, 6.45) is 3.72. The second kappa shape index (κ2) is 4.67. The number of rotatable bonds is 4. The fraction of sp³-hybridized carbons (Fsp3) is 0.455. The van der Waals surface area contributed by atoms with Gasteiger partial charge in [0.25, 0.3) is 0 Å². The molecule has 0 aromatic carbocycles. The third-order valence-electron chi connectivity index (χ3n) is 2.66. The molecule has 0 aliphatic rings. The average Bonchev–Trinajstić information content (AvgIpc) is 2.78. The largest absolute Gasteiger partial charge is 0.308 e. The molecule has 0 atom stereocenters. The molecule has 92 valence electrons. The minimum atomic E-state index is -0.277. The van der Waals surface area contributed by atoms with Gasteiger partial charge in [0.1, 0.15) is 0 Å². The van der Waals surface area contributed by atoms with Crippen LogP contribution in [-0.4, -0.2) is 19.6 Å². The lowest BCUT2D eigenvalue weighted by molar-refractivity contribution is 0.489. The predicted molar refractivity (Wildman–Crippen MR) is 61.7 cm³/mol. The van der Waals surface area contributed by atoms with Crippen molar-refractivity contribution in [1.82, 2.24) is 24.9 Å². The van der Waals surface area contributed by atoms with Gasteiger partial charge in [0.05, 0.1) is 11.9 Å². The van der Waals surface area contributed by atoms with Crippen LogP contribution in [0.2, 0.25) is 0 Å². The zero-order chi connectivity index (χ0) is 12.4. The molecule has 2 aromatic heterocycles. The Morgan fingerprint density at radius 3 is 2.65 bits per heavy atom. The Balaban J connectivity index is 1.94. The van der Waals surface area contributed by atoms with E-state index in [-0.39, 0.29) is 5.95 Å². The van der Waals surface area contributed by atoms with Crippen LogP contribution in [0.5, 0.6) is 0 Å². The maximum absolute atomic E-state index is 13.6. The molecule has 2 rings (SSSR count). The normalized spacial score (nSPS) is 11.1. The summed E-state index contributed by atoms with van der Waals surface area (Å²) in [6.45, 7) is 2.95. The molecule has 0 fully saturated rings. The maximum Gasteiger partial charge on any atom is 0.215 e. The van der Waals surface area contributed by atoms with E-state index < -0.39 is 0 Å². The Morgan fingerprint density at radius 1 is 1.35 bits per heavy atom. The quantitative estimate of drug-likeness (QED) is 0.859. The van der Waals surface area contributed by atoms with Crippen molar-refractivity contribution in [2.24, 2.45) is 14.1 Å². The Labute approximate surface area is 99.2 Å². The van der Waals surface area contributed by atoms with Crippen LogP contribution < -0.4 is 5.32 Å². The minimum Gasteiger partial charge on any atom is -0.308 e. The van der Waals surface area contributed by atoms with Crippen molar-refractivity contribution in [2.75, 3.05) is 0 Å². The summed E-state index contributed by atoms with van der Waals surface area (Å²) in [6, 6.07) is 0. The molecule has 5 nitrogen and oxygen atoms in total. The molecule has 0 radical (unpaired) electrons. The van der Waals surface area contributed by atoms with Crippen molar-refractivity contribution in [2.45, 2.75) is 20.0 Å². The first kappa shape index (κ1) is 11.8. The van der Waals surface area contributed by atoms with Crippen LogP contribution in [0.15, 0.2) is 12.4 Å². The van der Waals surface area contributed by atoms with Gasteiger partial charge in [-0.2, -0.15) is 14.6 Å². The zero-order valence-corrected chi connectivity index (χ0v) is 10.2. The van der Waals surface area contributed by atoms with Gasteiger partial charge in [-0.05, 0) is 6.92 Å². The molecule has 0 amide bonds. The number of hydrogen-bond donors (Lipinski definition) is 1. The highest BCUT2D eigenvalue weighted by Crippen LogP contribution is 2.10. The highest BCUT2D eigenvalue weighted by Gasteiger charge is 2.11. The highest BCUT2D eigenvalue weighted by molar-refractivity contribution is 5.17. The monoisotopic (exact) mass is 237 g/mol. The Bertz CT molecular complexity index is 514. The third kappa shape index (κ3) is 2.52. The number of aryl methyl sites for hydroxylation is 3. The molecule has 0 unspecified atom stereocenters. The third-order valence-corrected chi connectivity index (χ3v) is 2.66. The Kier molecular flexibility index (Phi) is 3.23. The SMILES string of the molecule is Cc1nn(C)c(F)c1CNCc1cnn(C)c1. The number of aromatic nitrogens is 4. The summed E-state index contributed by atoms with van der Waals surface area (Å²) < 4.78 is 16.6. The molecule has 0 aliphatic heterocycles. The Hall–Kier alpha value is -1.69. The summed E-state index contributed by atoms with van der Waals surface area (Å²) in [5.74, 6) is -0.277. The predicted octanol–water partition coefficient (Wildman–Crippen LogP) is 0.891. The molecule has 2 aromatic rings. The standard InChI is InChI=1S/C11H16FN5/c1-8-10(11(12)17(3)15-8)6-13-4-9-5-14-16(2)7-9/h5,7,13H,4,6H2,1-3H3. The van der Waals surface area contributed by atoms with Crippen molar-refractivity contribution in [1.29, 1.82) is 0 Å². The van der Waals surface area contributed by atoms with Gasteiger partial charge >= 0.3 is 0 Å². The van der Waals surface area contributed by atoms with E-state index in [0.29, 0.717) is 18.7 Å². The van der Waals surface area contributed by atoms with E-state index in [9.17, 15) is 4.39 Å². The summed E-state index contributed by atoms with van der Waals surface area (Å²) in [5.41, 5.74) is 2.43. The lowest BCUT2D eigenvalue weighted by atomic mass is 10.2. The Morgan fingerprint density at radius 2 is 2.12 bits per heavy atom. The van der Waals surface area contributed by atoms with Crippen LogP contribution in [0.25, 0.3) is 0 Å². The van der Waals surface area contributed by atoms with Gasteiger partial charge in [-0.25, -0.2) is 4.68 Å². The first-order valence-corrected chi connectivity index (χ1v) is 5.44. The smallest absolute Gasteiger partial charge is 0.215 e. The zero-order valence-electron chi connectivity index (χ0n) is 10.2. The van der Waals surface area contributed by atoms with Crippen molar-refractivity contribution in [3.05, 3.63) is 35.2 Å². The van der Waals surface area contributed by atoms with Crippen LogP contribution in [0.3, 0.4) is 0 Å². The van der Waals surface area contributed by atoms with Crippen molar-refractivity contribution >= 4 is 0 Å². The molecule has 0 saturated heterocycles. The van der Waals surface area contributed by atoms with Gasteiger partial charge in [-0.15, -0.1) is 0 Å². The summed E-state index contributed by atoms with van der Waals surface area (Å²) in [5, 5.41) is 11.3. The molecule has 0 saturated carbocycles. The fourth-order valence-corrected chi connectivity index (χ4v) is 1.77. The first-order valence-electron chi connectivity index (χ1n) is 5.44. The number of nitrogens with zero attached hydrogens (tertiary/aromatic N) is 4. The van der Waals surface area contributed by atoms with Crippen LogP contribution in [0, 0.1) is 12.9 Å². The second-order valence-corrected chi connectivity index (χ2v) is 4.10. The topological polar surface area (TPSA) is 47.7 Å². The first-order chi connectivity index (χ1) is 8.08. The van der Waals surface area contributed by atoms with Gasteiger partial charge in [-0.3, -0.25) is 4.68 Å². The van der Waals surface area contributed by atoms with Gasteiger partial charge in [-0.1, -0.05) is 0 Å². The molecule has 0 spiro atoms. The van der Waals surface area contributed by atoms with Crippen LogP contribution in [0.4, 0.5) is 4.39 Å². The molecular weight excluding hydrogens is 221 g/mol.